The molecule has 0 spiro atoms. The van der Waals surface area contributed by atoms with Crippen molar-refractivity contribution in [3.05, 3.63) is 59.3 Å². The molecule has 1 aliphatic rings. The SMILES string of the molecule is CCOc1cccc(Cn2c3c(c4c(OCC(=O)OC)cccc42)C(C(N)=O)CC3)c1. The Morgan fingerprint density at radius 2 is 1.97 bits per heavy atom. The summed E-state index contributed by atoms with van der Waals surface area (Å²) in [6.45, 7) is 2.98. The van der Waals surface area contributed by atoms with Gasteiger partial charge in [-0.25, -0.2) is 4.79 Å². The van der Waals surface area contributed by atoms with E-state index in [9.17, 15) is 9.59 Å². The summed E-state index contributed by atoms with van der Waals surface area (Å²) in [5.41, 5.74) is 9.75. The highest BCUT2D eigenvalue weighted by Crippen LogP contribution is 2.44. The van der Waals surface area contributed by atoms with E-state index in [1.807, 2.05) is 43.3 Å². The van der Waals surface area contributed by atoms with E-state index >= 15 is 0 Å². The molecule has 1 amide bonds. The van der Waals surface area contributed by atoms with Crippen LogP contribution in [0.25, 0.3) is 10.9 Å². The first-order valence-corrected chi connectivity index (χ1v) is 10.4. The Morgan fingerprint density at radius 1 is 1.16 bits per heavy atom. The van der Waals surface area contributed by atoms with E-state index in [1.54, 1.807) is 0 Å². The summed E-state index contributed by atoms with van der Waals surface area (Å²) >= 11 is 0. The van der Waals surface area contributed by atoms with Crippen molar-refractivity contribution in [1.29, 1.82) is 0 Å². The van der Waals surface area contributed by atoms with E-state index in [-0.39, 0.29) is 18.4 Å². The van der Waals surface area contributed by atoms with E-state index in [2.05, 4.69) is 10.6 Å². The summed E-state index contributed by atoms with van der Waals surface area (Å²) in [5.74, 6) is 0.182. The van der Waals surface area contributed by atoms with Crippen molar-refractivity contribution < 1.29 is 23.8 Å². The number of fused-ring (bicyclic) bond motifs is 3. The number of carbonyl (C=O) groups excluding carboxylic acids is 2. The number of carbonyl (C=O) groups is 2. The van der Waals surface area contributed by atoms with Crippen LogP contribution in [0.2, 0.25) is 0 Å². The van der Waals surface area contributed by atoms with Gasteiger partial charge in [-0.05, 0) is 55.2 Å². The number of ether oxygens (including phenoxy) is 3. The van der Waals surface area contributed by atoms with Gasteiger partial charge < -0.3 is 24.5 Å². The second-order valence-electron chi connectivity index (χ2n) is 7.54. The van der Waals surface area contributed by atoms with E-state index < -0.39 is 5.97 Å². The van der Waals surface area contributed by atoms with Gasteiger partial charge in [0.2, 0.25) is 5.91 Å². The van der Waals surface area contributed by atoms with Crippen molar-refractivity contribution in [3.8, 4) is 11.5 Å². The molecule has 1 atom stereocenters. The van der Waals surface area contributed by atoms with Crippen LogP contribution in [0.15, 0.2) is 42.5 Å². The van der Waals surface area contributed by atoms with Gasteiger partial charge in [-0.1, -0.05) is 18.2 Å². The zero-order valence-electron chi connectivity index (χ0n) is 17.7. The molecule has 31 heavy (non-hydrogen) atoms. The number of primary amides is 1. The molecule has 1 unspecified atom stereocenters. The lowest BCUT2D eigenvalue weighted by atomic mass is 9.99. The smallest absolute Gasteiger partial charge is 0.343 e. The zero-order valence-corrected chi connectivity index (χ0v) is 17.7. The Labute approximate surface area is 180 Å². The van der Waals surface area contributed by atoms with Crippen LogP contribution >= 0.6 is 0 Å². The van der Waals surface area contributed by atoms with E-state index in [0.717, 1.165) is 39.9 Å². The molecule has 0 aliphatic heterocycles. The van der Waals surface area contributed by atoms with Gasteiger partial charge in [0.25, 0.3) is 0 Å². The van der Waals surface area contributed by atoms with Gasteiger partial charge in [0.05, 0.1) is 25.2 Å². The number of rotatable bonds is 8. The summed E-state index contributed by atoms with van der Waals surface area (Å²) in [6, 6.07) is 13.7. The maximum Gasteiger partial charge on any atom is 0.343 e. The van der Waals surface area contributed by atoms with Crippen LogP contribution in [-0.4, -0.2) is 36.8 Å². The molecule has 0 fully saturated rings. The maximum atomic E-state index is 12.2. The van der Waals surface area contributed by atoms with Crippen LogP contribution < -0.4 is 15.2 Å². The fraction of sp³-hybridized carbons (Fsp3) is 0.333. The Balaban J connectivity index is 1.82. The van der Waals surface area contributed by atoms with Gasteiger partial charge in [-0.3, -0.25) is 4.79 Å². The fourth-order valence-corrected chi connectivity index (χ4v) is 4.38. The van der Waals surface area contributed by atoms with Crippen LogP contribution in [0.4, 0.5) is 0 Å². The topological polar surface area (TPSA) is 92.8 Å². The summed E-state index contributed by atoms with van der Waals surface area (Å²) in [4.78, 5) is 23.8. The minimum absolute atomic E-state index is 0.201. The van der Waals surface area contributed by atoms with Crippen LogP contribution in [0.1, 0.15) is 36.1 Å². The number of nitrogens with two attached hydrogens (primary N) is 1. The zero-order chi connectivity index (χ0) is 22.0. The lowest BCUT2D eigenvalue weighted by molar-refractivity contribution is -0.142. The third kappa shape index (κ3) is 3.95. The van der Waals surface area contributed by atoms with Gasteiger partial charge in [0.1, 0.15) is 11.5 Å². The molecule has 0 saturated heterocycles. The second kappa shape index (κ2) is 8.71. The number of aromatic nitrogens is 1. The molecule has 0 saturated carbocycles. The quantitative estimate of drug-likeness (QED) is 0.563. The minimum Gasteiger partial charge on any atom is -0.494 e. The van der Waals surface area contributed by atoms with Crippen molar-refractivity contribution in [1.82, 2.24) is 4.57 Å². The third-order valence-corrected chi connectivity index (χ3v) is 5.69. The first-order valence-electron chi connectivity index (χ1n) is 10.4. The van der Waals surface area contributed by atoms with Gasteiger partial charge >= 0.3 is 5.97 Å². The number of hydrogen-bond donors (Lipinski definition) is 1. The summed E-state index contributed by atoms with van der Waals surface area (Å²) in [5, 5.41) is 0.837. The summed E-state index contributed by atoms with van der Waals surface area (Å²) in [6.07, 6.45) is 1.42. The number of benzene rings is 2. The van der Waals surface area contributed by atoms with Gasteiger partial charge in [-0.15, -0.1) is 0 Å². The van der Waals surface area contributed by atoms with Crippen molar-refractivity contribution in [3.63, 3.8) is 0 Å². The van der Waals surface area contributed by atoms with Crippen molar-refractivity contribution >= 4 is 22.8 Å². The molecule has 1 aromatic heterocycles. The maximum absolute atomic E-state index is 12.2. The highest BCUT2D eigenvalue weighted by atomic mass is 16.6. The highest BCUT2D eigenvalue weighted by molar-refractivity contribution is 5.97. The van der Waals surface area contributed by atoms with Gasteiger partial charge in [0, 0.05) is 17.6 Å². The van der Waals surface area contributed by atoms with Crippen molar-refractivity contribution in [2.45, 2.75) is 32.2 Å². The largest absolute Gasteiger partial charge is 0.494 e. The predicted molar refractivity (Wildman–Crippen MR) is 116 cm³/mol. The summed E-state index contributed by atoms with van der Waals surface area (Å²) in [7, 11) is 1.32. The number of esters is 1. The second-order valence-corrected chi connectivity index (χ2v) is 7.54. The van der Waals surface area contributed by atoms with E-state index in [1.165, 1.54) is 7.11 Å². The lowest BCUT2D eigenvalue weighted by Crippen LogP contribution is -2.19. The minimum atomic E-state index is -0.465. The molecule has 162 valence electrons. The number of amides is 1. The fourth-order valence-electron chi connectivity index (χ4n) is 4.38. The average molecular weight is 422 g/mol. The number of hydrogen-bond acceptors (Lipinski definition) is 5. The van der Waals surface area contributed by atoms with Gasteiger partial charge in [-0.2, -0.15) is 0 Å². The first-order chi connectivity index (χ1) is 15.0. The lowest BCUT2D eigenvalue weighted by Gasteiger charge is -2.13. The van der Waals surface area contributed by atoms with Gasteiger partial charge in [0.15, 0.2) is 6.61 Å². The number of nitrogens with zero attached hydrogens (tertiary/aromatic N) is 1. The van der Waals surface area contributed by atoms with Crippen molar-refractivity contribution in [2.24, 2.45) is 5.73 Å². The monoisotopic (exact) mass is 422 g/mol. The average Bonchev–Trinajstić information content (AvgIpc) is 3.32. The molecule has 2 aromatic carbocycles. The Bertz CT molecular complexity index is 1130. The molecule has 1 heterocycles. The van der Waals surface area contributed by atoms with Crippen LogP contribution in [0, 0.1) is 0 Å². The molecule has 2 N–H and O–H groups in total. The van der Waals surface area contributed by atoms with E-state index in [0.29, 0.717) is 25.3 Å². The molecule has 4 rings (SSSR count). The predicted octanol–water partition coefficient (Wildman–Crippen LogP) is 3.16. The standard InChI is InChI=1S/C24H26N2O5/c1-3-30-16-7-4-6-15(12-16)13-26-18-8-5-9-20(31-14-21(27)29-2)23(18)22-17(24(25)28)10-11-19(22)26/h4-9,12,17H,3,10-11,13-14H2,1-2H3,(H2,25,28). The molecule has 3 aromatic rings. The molecule has 7 nitrogen and oxygen atoms in total. The van der Waals surface area contributed by atoms with Crippen LogP contribution in [-0.2, 0) is 27.3 Å². The molecule has 7 heteroatoms. The normalized spacial score (nSPS) is 15.0. The Morgan fingerprint density at radius 3 is 2.71 bits per heavy atom. The number of methoxy groups -OCH3 is 1. The molecule has 0 bridgehead atoms. The molecular weight excluding hydrogens is 396 g/mol. The first kappa shape index (κ1) is 20.8. The Kier molecular flexibility index (Phi) is 5.84. The molecule has 0 radical (unpaired) electrons. The third-order valence-electron chi connectivity index (χ3n) is 5.69. The molecule has 1 aliphatic carbocycles. The highest BCUT2D eigenvalue weighted by Gasteiger charge is 2.34. The Hall–Kier alpha value is -3.48. The van der Waals surface area contributed by atoms with E-state index in [4.69, 9.17) is 19.9 Å². The van der Waals surface area contributed by atoms with Crippen molar-refractivity contribution in [2.75, 3.05) is 20.3 Å². The summed E-state index contributed by atoms with van der Waals surface area (Å²) < 4.78 is 18.3. The molecular formula is C24H26N2O5. The van der Waals surface area contributed by atoms with Crippen LogP contribution in [0.5, 0.6) is 11.5 Å². The van der Waals surface area contributed by atoms with Crippen LogP contribution in [0.3, 0.4) is 0 Å².